The third-order valence-electron chi connectivity index (χ3n) is 6.00. The Hall–Kier alpha value is -3.21. The largest absolute Gasteiger partial charge is 0.497 e. The zero-order chi connectivity index (χ0) is 19.8. The standard InChI is InChI=1S/C24H23N3O2/c1-29-19-9-5-6-16(12-19)13-23(28)27-18-10-11-22(27)20-15-25-24(26-21(20)14-18)17-7-3-2-4-8-17/h2-9,12,15,18,22H,10-11,13-14H2,1H3/t18-,22+/m0/s1. The highest BCUT2D eigenvalue weighted by atomic mass is 16.5. The van der Waals surface area contributed by atoms with E-state index in [9.17, 15) is 4.79 Å². The molecular formula is C24H23N3O2. The van der Waals surface area contributed by atoms with E-state index < -0.39 is 0 Å². The first kappa shape index (κ1) is 17.9. The second kappa shape index (κ2) is 7.32. The highest BCUT2D eigenvalue weighted by Gasteiger charge is 2.43. The Kier molecular flexibility index (Phi) is 4.51. The van der Waals surface area contributed by atoms with Crippen LogP contribution in [0.4, 0.5) is 0 Å². The molecule has 2 aliphatic heterocycles. The molecule has 5 heteroatoms. The first-order chi connectivity index (χ1) is 14.2. The minimum atomic E-state index is 0.0895. The van der Waals surface area contributed by atoms with Crippen molar-refractivity contribution < 1.29 is 9.53 Å². The molecule has 0 radical (unpaired) electrons. The number of benzene rings is 2. The lowest BCUT2D eigenvalue weighted by Crippen LogP contribution is -2.43. The van der Waals surface area contributed by atoms with Gasteiger partial charge in [-0.05, 0) is 30.5 Å². The molecule has 3 aromatic rings. The lowest BCUT2D eigenvalue weighted by molar-refractivity contribution is -0.134. The van der Waals surface area contributed by atoms with Crippen LogP contribution in [0.1, 0.15) is 35.7 Å². The van der Waals surface area contributed by atoms with Gasteiger partial charge in [0.25, 0.3) is 0 Å². The molecule has 5 nitrogen and oxygen atoms in total. The number of carbonyl (C=O) groups excluding carboxylic acids is 1. The number of ether oxygens (including phenoxy) is 1. The van der Waals surface area contributed by atoms with E-state index in [1.54, 1.807) is 7.11 Å². The van der Waals surface area contributed by atoms with Crippen molar-refractivity contribution in [3.05, 3.63) is 77.6 Å². The van der Waals surface area contributed by atoms with Crippen molar-refractivity contribution >= 4 is 5.91 Å². The number of hydrogen-bond donors (Lipinski definition) is 0. The van der Waals surface area contributed by atoms with Crippen LogP contribution in [0.5, 0.6) is 5.75 Å². The molecule has 0 saturated carbocycles. The molecule has 2 aromatic carbocycles. The Bertz CT molecular complexity index is 1050. The topological polar surface area (TPSA) is 55.3 Å². The monoisotopic (exact) mass is 385 g/mol. The molecule has 3 heterocycles. The van der Waals surface area contributed by atoms with E-state index in [1.165, 1.54) is 0 Å². The summed E-state index contributed by atoms with van der Waals surface area (Å²) >= 11 is 0. The van der Waals surface area contributed by atoms with Crippen LogP contribution in [-0.2, 0) is 17.6 Å². The minimum absolute atomic E-state index is 0.0895. The van der Waals surface area contributed by atoms with Gasteiger partial charge in [-0.15, -0.1) is 0 Å². The molecule has 2 bridgehead atoms. The Morgan fingerprint density at radius 2 is 2.00 bits per heavy atom. The number of aromatic nitrogens is 2. The van der Waals surface area contributed by atoms with Gasteiger partial charge in [0.2, 0.25) is 5.91 Å². The fourth-order valence-corrected chi connectivity index (χ4v) is 4.63. The maximum Gasteiger partial charge on any atom is 0.227 e. The second-order valence-electron chi connectivity index (χ2n) is 7.74. The number of hydrogen-bond acceptors (Lipinski definition) is 4. The zero-order valence-corrected chi connectivity index (χ0v) is 16.4. The number of methoxy groups -OCH3 is 1. The van der Waals surface area contributed by atoms with Gasteiger partial charge in [-0.1, -0.05) is 42.5 Å². The Morgan fingerprint density at radius 1 is 1.14 bits per heavy atom. The predicted octanol–water partition coefficient (Wildman–Crippen LogP) is 3.98. The average molecular weight is 385 g/mol. The van der Waals surface area contributed by atoms with Gasteiger partial charge >= 0.3 is 0 Å². The molecule has 1 saturated heterocycles. The number of fused-ring (bicyclic) bond motifs is 4. The fraction of sp³-hybridized carbons (Fsp3) is 0.292. The highest BCUT2D eigenvalue weighted by Crippen LogP contribution is 2.43. The van der Waals surface area contributed by atoms with E-state index in [0.29, 0.717) is 6.42 Å². The lowest BCUT2D eigenvalue weighted by atomic mass is 9.97. The van der Waals surface area contributed by atoms with E-state index in [1.807, 2.05) is 60.8 Å². The predicted molar refractivity (Wildman–Crippen MR) is 110 cm³/mol. The SMILES string of the molecule is COc1cccc(CC(=O)N2[C@H]3CC[C@@H]2c2cnc(-c4ccccc4)nc2C3)c1. The van der Waals surface area contributed by atoms with Gasteiger partial charge in [-0.2, -0.15) is 0 Å². The van der Waals surface area contributed by atoms with Gasteiger partial charge in [0, 0.05) is 29.8 Å². The summed E-state index contributed by atoms with van der Waals surface area (Å²) in [6, 6.07) is 18.1. The summed E-state index contributed by atoms with van der Waals surface area (Å²) < 4.78 is 5.29. The van der Waals surface area contributed by atoms with Gasteiger partial charge in [-0.3, -0.25) is 4.79 Å². The summed E-state index contributed by atoms with van der Waals surface area (Å²) in [6.45, 7) is 0. The van der Waals surface area contributed by atoms with Crippen molar-refractivity contribution in [3.63, 3.8) is 0 Å². The summed E-state index contributed by atoms with van der Waals surface area (Å²) in [7, 11) is 1.65. The Labute approximate surface area is 170 Å². The smallest absolute Gasteiger partial charge is 0.227 e. The Balaban J connectivity index is 1.40. The molecule has 2 aliphatic rings. The molecule has 1 aromatic heterocycles. The molecule has 5 rings (SSSR count). The van der Waals surface area contributed by atoms with Crippen LogP contribution in [0, 0.1) is 0 Å². The van der Waals surface area contributed by atoms with E-state index in [2.05, 4.69) is 9.88 Å². The van der Waals surface area contributed by atoms with Gasteiger partial charge < -0.3 is 9.64 Å². The van der Waals surface area contributed by atoms with Gasteiger partial charge in [-0.25, -0.2) is 9.97 Å². The number of nitrogens with zero attached hydrogens (tertiary/aromatic N) is 3. The highest BCUT2D eigenvalue weighted by molar-refractivity contribution is 5.80. The molecule has 0 aliphatic carbocycles. The van der Waals surface area contributed by atoms with Crippen LogP contribution < -0.4 is 4.74 Å². The quantitative estimate of drug-likeness (QED) is 0.682. The van der Waals surface area contributed by atoms with E-state index in [-0.39, 0.29) is 18.0 Å². The molecule has 2 atom stereocenters. The second-order valence-corrected chi connectivity index (χ2v) is 7.74. The van der Waals surface area contributed by atoms with Crippen LogP contribution in [0.2, 0.25) is 0 Å². The van der Waals surface area contributed by atoms with Crippen LogP contribution in [0.15, 0.2) is 60.8 Å². The van der Waals surface area contributed by atoms with Crippen LogP contribution in [0.3, 0.4) is 0 Å². The summed E-state index contributed by atoms with van der Waals surface area (Å²) in [5, 5.41) is 0. The van der Waals surface area contributed by atoms with E-state index in [0.717, 1.165) is 53.2 Å². The van der Waals surface area contributed by atoms with Crippen molar-refractivity contribution in [2.75, 3.05) is 7.11 Å². The Morgan fingerprint density at radius 3 is 2.83 bits per heavy atom. The third kappa shape index (κ3) is 3.27. The van der Waals surface area contributed by atoms with Crippen LogP contribution in [0.25, 0.3) is 11.4 Å². The lowest BCUT2D eigenvalue weighted by Gasteiger charge is -2.36. The van der Waals surface area contributed by atoms with Gasteiger partial charge in [0.05, 0.1) is 25.3 Å². The first-order valence-electron chi connectivity index (χ1n) is 10.1. The molecule has 0 unspecified atom stereocenters. The summed E-state index contributed by atoms with van der Waals surface area (Å²) in [5.74, 6) is 1.72. The summed E-state index contributed by atoms with van der Waals surface area (Å²) in [6.07, 6.45) is 5.13. The molecule has 1 amide bonds. The number of amides is 1. The van der Waals surface area contributed by atoms with Gasteiger partial charge in [0.15, 0.2) is 5.82 Å². The maximum atomic E-state index is 13.2. The molecule has 29 heavy (non-hydrogen) atoms. The number of rotatable bonds is 4. The van der Waals surface area contributed by atoms with Crippen LogP contribution >= 0.6 is 0 Å². The molecular weight excluding hydrogens is 362 g/mol. The summed E-state index contributed by atoms with van der Waals surface area (Å²) in [5.41, 5.74) is 4.21. The van der Waals surface area contributed by atoms with Crippen molar-refractivity contribution in [1.82, 2.24) is 14.9 Å². The zero-order valence-electron chi connectivity index (χ0n) is 16.4. The first-order valence-corrected chi connectivity index (χ1v) is 10.1. The van der Waals surface area contributed by atoms with Crippen LogP contribution in [-0.4, -0.2) is 33.9 Å². The van der Waals surface area contributed by atoms with Crippen molar-refractivity contribution in [2.24, 2.45) is 0 Å². The minimum Gasteiger partial charge on any atom is -0.497 e. The molecule has 146 valence electrons. The van der Waals surface area contributed by atoms with E-state index in [4.69, 9.17) is 9.72 Å². The van der Waals surface area contributed by atoms with Crippen molar-refractivity contribution in [3.8, 4) is 17.1 Å². The summed E-state index contributed by atoms with van der Waals surface area (Å²) in [4.78, 5) is 24.7. The molecule has 0 N–H and O–H groups in total. The molecule has 0 spiro atoms. The third-order valence-corrected chi connectivity index (χ3v) is 6.00. The average Bonchev–Trinajstić information content (AvgIpc) is 3.09. The molecule has 1 fully saturated rings. The van der Waals surface area contributed by atoms with Gasteiger partial charge in [0.1, 0.15) is 5.75 Å². The maximum absolute atomic E-state index is 13.2. The number of carbonyl (C=O) groups is 1. The normalized spacial score (nSPS) is 19.7. The van der Waals surface area contributed by atoms with Crippen molar-refractivity contribution in [2.45, 2.75) is 37.8 Å². The van der Waals surface area contributed by atoms with E-state index >= 15 is 0 Å². The van der Waals surface area contributed by atoms with Crippen molar-refractivity contribution in [1.29, 1.82) is 0 Å². The fourth-order valence-electron chi connectivity index (χ4n) is 4.63.